The van der Waals surface area contributed by atoms with Crippen LogP contribution in [0.1, 0.15) is 38.5 Å². The second-order valence-corrected chi connectivity index (χ2v) is 6.00. The maximum Gasteiger partial charge on any atom is 0.0162 e. The van der Waals surface area contributed by atoms with Crippen LogP contribution in [0.25, 0.3) is 0 Å². The van der Waals surface area contributed by atoms with Gasteiger partial charge in [0.1, 0.15) is 0 Å². The summed E-state index contributed by atoms with van der Waals surface area (Å²) in [5.41, 5.74) is 6.55. The summed E-state index contributed by atoms with van der Waals surface area (Å²) < 4.78 is 0. The molecule has 1 fully saturated rings. The van der Waals surface area contributed by atoms with Crippen LogP contribution in [0.2, 0.25) is 0 Å². The lowest BCUT2D eigenvalue weighted by Crippen LogP contribution is -2.42. The molecule has 1 aromatic carbocycles. The molecule has 0 aromatic heterocycles. The average Bonchev–Trinajstić information content (AvgIpc) is 2.31. The first-order chi connectivity index (χ1) is 7.79. The van der Waals surface area contributed by atoms with Crippen molar-refractivity contribution in [1.29, 1.82) is 0 Å². The van der Waals surface area contributed by atoms with Gasteiger partial charge in [-0.25, -0.2) is 0 Å². The molecule has 1 nitrogen and oxygen atoms in total. The quantitative estimate of drug-likeness (QED) is 0.803. The van der Waals surface area contributed by atoms with Crippen molar-refractivity contribution in [1.82, 2.24) is 0 Å². The Morgan fingerprint density at radius 1 is 1.06 bits per heavy atom. The molecule has 88 valence electrons. The lowest BCUT2D eigenvalue weighted by Gasteiger charge is -2.33. The Hall–Kier alpha value is -0.470. The Morgan fingerprint density at radius 2 is 1.75 bits per heavy atom. The highest BCUT2D eigenvalue weighted by Gasteiger charge is 2.26. The number of hydrogen-bond acceptors (Lipinski definition) is 2. The van der Waals surface area contributed by atoms with E-state index in [-0.39, 0.29) is 5.54 Å². The summed E-state index contributed by atoms with van der Waals surface area (Å²) in [4.78, 5) is 1.36. The summed E-state index contributed by atoms with van der Waals surface area (Å²) in [5, 5.41) is 0. The zero-order valence-electron chi connectivity index (χ0n) is 9.82. The minimum Gasteiger partial charge on any atom is -0.325 e. The molecule has 0 aliphatic heterocycles. The molecule has 1 saturated carbocycles. The minimum atomic E-state index is 0.139. The highest BCUT2D eigenvalue weighted by molar-refractivity contribution is 7.99. The van der Waals surface area contributed by atoms with Crippen LogP contribution in [0.5, 0.6) is 0 Å². The molecule has 0 amide bonds. The van der Waals surface area contributed by atoms with Gasteiger partial charge in [0.05, 0.1) is 0 Å². The van der Waals surface area contributed by atoms with Crippen molar-refractivity contribution in [2.75, 3.05) is 5.75 Å². The Morgan fingerprint density at radius 3 is 2.44 bits per heavy atom. The molecule has 1 aliphatic rings. The lowest BCUT2D eigenvalue weighted by molar-refractivity contribution is 0.289. The van der Waals surface area contributed by atoms with Crippen LogP contribution in [0.4, 0.5) is 0 Å². The predicted octanol–water partition coefficient (Wildman–Crippen LogP) is 3.83. The minimum absolute atomic E-state index is 0.139. The molecule has 2 rings (SSSR count). The fraction of sp³-hybridized carbons (Fsp3) is 0.571. The van der Waals surface area contributed by atoms with Crippen molar-refractivity contribution in [2.24, 2.45) is 5.73 Å². The Balaban J connectivity index is 1.75. The van der Waals surface area contributed by atoms with Gasteiger partial charge in [0, 0.05) is 10.4 Å². The molecule has 2 heteroatoms. The SMILES string of the molecule is NC1(CCSc2ccccc2)CCCCC1. The molecule has 2 N–H and O–H groups in total. The van der Waals surface area contributed by atoms with Crippen molar-refractivity contribution in [3.05, 3.63) is 30.3 Å². The highest BCUT2D eigenvalue weighted by atomic mass is 32.2. The summed E-state index contributed by atoms with van der Waals surface area (Å²) in [7, 11) is 0. The summed E-state index contributed by atoms with van der Waals surface area (Å²) in [5.74, 6) is 1.15. The Kier molecular flexibility index (Phi) is 4.30. The second kappa shape index (κ2) is 5.74. The lowest BCUT2D eigenvalue weighted by atomic mass is 9.81. The zero-order chi connectivity index (χ0) is 11.3. The van der Waals surface area contributed by atoms with Crippen LogP contribution < -0.4 is 5.73 Å². The van der Waals surface area contributed by atoms with E-state index in [9.17, 15) is 0 Å². The van der Waals surface area contributed by atoms with Gasteiger partial charge in [0.25, 0.3) is 0 Å². The van der Waals surface area contributed by atoms with E-state index in [1.165, 1.54) is 37.0 Å². The van der Waals surface area contributed by atoms with Crippen molar-refractivity contribution >= 4 is 11.8 Å². The average molecular weight is 235 g/mol. The van der Waals surface area contributed by atoms with E-state index in [2.05, 4.69) is 30.3 Å². The van der Waals surface area contributed by atoms with Gasteiger partial charge in [-0.3, -0.25) is 0 Å². The van der Waals surface area contributed by atoms with Crippen LogP contribution in [0.3, 0.4) is 0 Å². The van der Waals surface area contributed by atoms with Crippen LogP contribution in [-0.2, 0) is 0 Å². The smallest absolute Gasteiger partial charge is 0.0162 e. The van der Waals surface area contributed by atoms with Crippen LogP contribution in [-0.4, -0.2) is 11.3 Å². The third kappa shape index (κ3) is 3.53. The van der Waals surface area contributed by atoms with Crippen molar-refractivity contribution in [2.45, 2.75) is 49.0 Å². The highest BCUT2D eigenvalue weighted by Crippen LogP contribution is 2.31. The summed E-state index contributed by atoms with van der Waals surface area (Å²) >= 11 is 1.93. The van der Waals surface area contributed by atoms with Crippen molar-refractivity contribution in [3.63, 3.8) is 0 Å². The van der Waals surface area contributed by atoms with Gasteiger partial charge in [-0.2, -0.15) is 0 Å². The number of benzene rings is 1. The topological polar surface area (TPSA) is 26.0 Å². The van der Waals surface area contributed by atoms with E-state index >= 15 is 0 Å². The second-order valence-electron chi connectivity index (χ2n) is 4.83. The normalized spacial score (nSPS) is 19.6. The van der Waals surface area contributed by atoms with E-state index in [1.807, 2.05) is 11.8 Å². The number of thioether (sulfide) groups is 1. The van der Waals surface area contributed by atoms with Gasteiger partial charge >= 0.3 is 0 Å². The summed E-state index contributed by atoms with van der Waals surface area (Å²) in [6.45, 7) is 0. The fourth-order valence-electron chi connectivity index (χ4n) is 2.39. The predicted molar refractivity (Wildman–Crippen MR) is 71.8 cm³/mol. The zero-order valence-corrected chi connectivity index (χ0v) is 10.6. The number of rotatable bonds is 4. The molecule has 0 heterocycles. The van der Waals surface area contributed by atoms with E-state index in [0.717, 1.165) is 12.2 Å². The number of hydrogen-bond donors (Lipinski definition) is 1. The molecule has 0 spiro atoms. The largest absolute Gasteiger partial charge is 0.325 e. The molecule has 1 aromatic rings. The van der Waals surface area contributed by atoms with E-state index < -0.39 is 0 Å². The van der Waals surface area contributed by atoms with Gasteiger partial charge in [0.2, 0.25) is 0 Å². The Labute approximate surface area is 103 Å². The first-order valence-corrected chi connectivity index (χ1v) is 7.24. The molecule has 0 radical (unpaired) electrons. The van der Waals surface area contributed by atoms with E-state index in [0.29, 0.717) is 0 Å². The molecule has 0 atom stereocenters. The molecule has 16 heavy (non-hydrogen) atoms. The molecular formula is C14H21NS. The van der Waals surface area contributed by atoms with Crippen molar-refractivity contribution in [3.8, 4) is 0 Å². The molecule has 0 bridgehead atoms. The molecule has 0 saturated heterocycles. The van der Waals surface area contributed by atoms with E-state index in [1.54, 1.807) is 0 Å². The van der Waals surface area contributed by atoms with Crippen molar-refractivity contribution < 1.29 is 0 Å². The summed E-state index contributed by atoms with van der Waals surface area (Å²) in [6.07, 6.45) is 7.64. The molecule has 1 aliphatic carbocycles. The van der Waals surface area contributed by atoms with Crippen LogP contribution in [0.15, 0.2) is 35.2 Å². The molecular weight excluding hydrogens is 214 g/mol. The third-order valence-corrected chi connectivity index (χ3v) is 4.47. The monoisotopic (exact) mass is 235 g/mol. The Bertz CT molecular complexity index is 304. The van der Waals surface area contributed by atoms with E-state index in [4.69, 9.17) is 5.73 Å². The molecule has 0 unspecified atom stereocenters. The summed E-state index contributed by atoms with van der Waals surface area (Å²) in [6, 6.07) is 10.6. The van der Waals surface area contributed by atoms with Gasteiger partial charge in [-0.15, -0.1) is 11.8 Å². The van der Waals surface area contributed by atoms with Gasteiger partial charge < -0.3 is 5.73 Å². The van der Waals surface area contributed by atoms with Gasteiger partial charge in [-0.1, -0.05) is 37.5 Å². The fourth-order valence-corrected chi connectivity index (χ4v) is 3.49. The standard InChI is InChI=1S/C14H21NS/c15-14(9-5-2-6-10-14)11-12-16-13-7-3-1-4-8-13/h1,3-4,7-8H,2,5-6,9-12,15H2. The number of nitrogens with two attached hydrogens (primary N) is 1. The van der Waals surface area contributed by atoms with Crippen LogP contribution in [0, 0.1) is 0 Å². The van der Waals surface area contributed by atoms with Gasteiger partial charge in [0.15, 0.2) is 0 Å². The maximum atomic E-state index is 6.41. The maximum absolute atomic E-state index is 6.41. The third-order valence-electron chi connectivity index (χ3n) is 3.46. The first kappa shape index (κ1) is 12.0. The van der Waals surface area contributed by atoms with Crippen LogP contribution >= 0.6 is 11.8 Å². The first-order valence-electron chi connectivity index (χ1n) is 6.25. The van der Waals surface area contributed by atoms with Gasteiger partial charge in [-0.05, 0) is 37.1 Å².